The molecule has 0 bridgehead atoms. The van der Waals surface area contributed by atoms with Crippen LogP contribution < -0.4 is 10.1 Å². The summed E-state index contributed by atoms with van der Waals surface area (Å²) in [6, 6.07) is 7.36. The van der Waals surface area contributed by atoms with E-state index in [-0.39, 0.29) is 11.8 Å². The fourth-order valence-electron chi connectivity index (χ4n) is 3.67. The highest BCUT2D eigenvalue weighted by molar-refractivity contribution is 5.29. The Morgan fingerprint density at radius 3 is 2.43 bits per heavy atom. The van der Waals surface area contributed by atoms with Gasteiger partial charge >= 0.3 is 6.61 Å². The Bertz CT molecular complexity index is 421. The average Bonchev–Trinajstić information content (AvgIpc) is 2.49. The van der Waals surface area contributed by atoms with Crippen molar-refractivity contribution < 1.29 is 13.5 Å². The Morgan fingerprint density at radius 2 is 1.86 bits per heavy atom. The Morgan fingerprint density at radius 1 is 1.19 bits per heavy atom. The van der Waals surface area contributed by atoms with Crippen LogP contribution in [-0.4, -0.2) is 13.7 Å². The van der Waals surface area contributed by atoms with Gasteiger partial charge in [-0.15, -0.1) is 0 Å². The van der Waals surface area contributed by atoms with Gasteiger partial charge in [-0.2, -0.15) is 8.78 Å². The largest absolute Gasteiger partial charge is 0.435 e. The average molecular weight is 297 g/mol. The molecule has 2 rings (SSSR count). The van der Waals surface area contributed by atoms with E-state index in [4.69, 9.17) is 0 Å². The summed E-state index contributed by atoms with van der Waals surface area (Å²) in [6.45, 7) is -0.506. The van der Waals surface area contributed by atoms with Crippen molar-refractivity contribution >= 4 is 0 Å². The van der Waals surface area contributed by atoms with E-state index in [9.17, 15) is 8.78 Å². The molecule has 21 heavy (non-hydrogen) atoms. The van der Waals surface area contributed by atoms with E-state index in [2.05, 4.69) is 17.0 Å². The van der Waals surface area contributed by atoms with Gasteiger partial charge in [0.05, 0.1) is 0 Å². The molecule has 1 aromatic carbocycles. The lowest BCUT2D eigenvalue weighted by Gasteiger charge is -2.37. The molecular formula is C17H25F2NO. The van der Waals surface area contributed by atoms with Gasteiger partial charge in [0.2, 0.25) is 0 Å². The number of hydrogen-bond donors (Lipinski definition) is 1. The summed E-state index contributed by atoms with van der Waals surface area (Å²) >= 11 is 0. The van der Waals surface area contributed by atoms with Crippen molar-refractivity contribution in [2.24, 2.45) is 11.8 Å². The van der Waals surface area contributed by atoms with Gasteiger partial charge in [-0.3, -0.25) is 0 Å². The van der Waals surface area contributed by atoms with Crippen LogP contribution in [0.25, 0.3) is 0 Å². The Labute approximate surface area is 125 Å². The lowest BCUT2D eigenvalue weighted by atomic mass is 9.72. The highest BCUT2D eigenvalue weighted by Crippen LogP contribution is 2.40. The Hall–Kier alpha value is -1.16. The van der Waals surface area contributed by atoms with Gasteiger partial charge in [-0.1, -0.05) is 44.7 Å². The molecule has 0 saturated heterocycles. The van der Waals surface area contributed by atoms with Crippen molar-refractivity contribution in [2.45, 2.75) is 51.7 Å². The quantitative estimate of drug-likeness (QED) is 0.817. The van der Waals surface area contributed by atoms with E-state index in [1.54, 1.807) is 12.1 Å². The molecule has 0 amide bonds. The first-order chi connectivity index (χ1) is 10.2. The molecule has 0 aliphatic heterocycles. The Balaban J connectivity index is 2.12. The van der Waals surface area contributed by atoms with E-state index in [1.807, 2.05) is 19.2 Å². The van der Waals surface area contributed by atoms with Gasteiger partial charge in [0.25, 0.3) is 0 Å². The summed E-state index contributed by atoms with van der Waals surface area (Å²) in [6.07, 6.45) is 6.35. The van der Waals surface area contributed by atoms with Crippen LogP contribution in [0.3, 0.4) is 0 Å². The summed E-state index contributed by atoms with van der Waals surface area (Å²) in [5.74, 6) is 1.59. The maximum Gasteiger partial charge on any atom is 0.387 e. The first-order valence-electron chi connectivity index (χ1n) is 7.87. The third-order valence-corrected chi connectivity index (χ3v) is 4.70. The molecule has 1 saturated carbocycles. The third-order valence-electron chi connectivity index (χ3n) is 4.70. The normalized spacial score (nSPS) is 24.0. The predicted molar refractivity (Wildman–Crippen MR) is 80.6 cm³/mol. The first-order valence-corrected chi connectivity index (χ1v) is 7.87. The van der Waals surface area contributed by atoms with Crippen molar-refractivity contribution in [1.29, 1.82) is 0 Å². The predicted octanol–water partition coefficient (Wildman–Crippen LogP) is 4.76. The van der Waals surface area contributed by atoms with Crippen LogP contribution in [0.4, 0.5) is 8.78 Å². The maximum atomic E-state index is 12.2. The molecule has 0 aromatic heterocycles. The molecule has 0 radical (unpaired) electrons. The minimum Gasteiger partial charge on any atom is -0.435 e. The second-order valence-corrected chi connectivity index (χ2v) is 5.83. The van der Waals surface area contributed by atoms with Gasteiger partial charge < -0.3 is 10.1 Å². The molecule has 0 heterocycles. The van der Waals surface area contributed by atoms with Crippen LogP contribution >= 0.6 is 0 Å². The number of hydrogen-bond acceptors (Lipinski definition) is 2. The summed E-state index contributed by atoms with van der Waals surface area (Å²) in [5.41, 5.74) is 1.16. The summed E-state index contributed by atoms with van der Waals surface area (Å²) in [7, 11) is 1.98. The smallest absolute Gasteiger partial charge is 0.387 e. The molecule has 3 unspecified atom stereocenters. The molecule has 4 heteroatoms. The monoisotopic (exact) mass is 297 g/mol. The van der Waals surface area contributed by atoms with Crippen LogP contribution in [0.1, 0.15) is 50.6 Å². The van der Waals surface area contributed by atoms with Crippen LogP contribution in [-0.2, 0) is 0 Å². The van der Waals surface area contributed by atoms with E-state index >= 15 is 0 Å². The van der Waals surface area contributed by atoms with Crippen molar-refractivity contribution in [3.8, 4) is 5.75 Å². The van der Waals surface area contributed by atoms with Gasteiger partial charge in [0, 0.05) is 6.04 Å². The lowest BCUT2D eigenvalue weighted by Crippen LogP contribution is -2.32. The number of benzene rings is 1. The number of alkyl halides is 2. The van der Waals surface area contributed by atoms with Gasteiger partial charge in [0.15, 0.2) is 0 Å². The van der Waals surface area contributed by atoms with E-state index in [0.29, 0.717) is 5.92 Å². The summed E-state index contributed by atoms with van der Waals surface area (Å²) in [5, 5.41) is 3.42. The summed E-state index contributed by atoms with van der Waals surface area (Å²) in [4.78, 5) is 0. The number of halogens is 2. The van der Waals surface area contributed by atoms with Crippen molar-refractivity contribution in [2.75, 3.05) is 7.05 Å². The molecule has 1 fully saturated rings. The van der Waals surface area contributed by atoms with E-state index in [1.165, 1.54) is 32.1 Å². The van der Waals surface area contributed by atoms with Crippen LogP contribution in [0.2, 0.25) is 0 Å². The number of rotatable bonds is 6. The fraction of sp³-hybridized carbons (Fsp3) is 0.647. The van der Waals surface area contributed by atoms with Crippen LogP contribution in [0.15, 0.2) is 24.3 Å². The van der Waals surface area contributed by atoms with Crippen molar-refractivity contribution in [1.82, 2.24) is 5.32 Å². The van der Waals surface area contributed by atoms with Crippen molar-refractivity contribution in [3.05, 3.63) is 29.8 Å². The highest BCUT2D eigenvalue weighted by Gasteiger charge is 2.30. The van der Waals surface area contributed by atoms with Crippen LogP contribution in [0.5, 0.6) is 5.75 Å². The topological polar surface area (TPSA) is 21.3 Å². The Kier molecular flexibility index (Phi) is 5.97. The second kappa shape index (κ2) is 7.74. The molecule has 0 spiro atoms. The van der Waals surface area contributed by atoms with Crippen LogP contribution in [0, 0.1) is 11.8 Å². The summed E-state index contributed by atoms with van der Waals surface area (Å²) < 4.78 is 28.8. The molecular weight excluding hydrogens is 272 g/mol. The molecule has 1 aromatic rings. The van der Waals surface area contributed by atoms with E-state index < -0.39 is 6.61 Å². The van der Waals surface area contributed by atoms with Crippen molar-refractivity contribution in [3.63, 3.8) is 0 Å². The fourth-order valence-corrected chi connectivity index (χ4v) is 3.67. The number of ether oxygens (including phenoxy) is 1. The second-order valence-electron chi connectivity index (χ2n) is 5.83. The third kappa shape index (κ3) is 4.16. The SMILES string of the molecule is CCC1CCCCC1C(NC)c1ccc(OC(F)F)cc1. The zero-order valence-electron chi connectivity index (χ0n) is 12.8. The standard InChI is InChI=1S/C17H25F2NO/c1-3-12-6-4-5-7-15(12)16(20-2)13-8-10-14(11-9-13)21-17(18)19/h8-12,15-17,20H,3-7H2,1-2H3. The highest BCUT2D eigenvalue weighted by atomic mass is 19.3. The van der Waals surface area contributed by atoms with Gasteiger partial charge in [-0.25, -0.2) is 0 Å². The first kappa shape index (κ1) is 16.2. The molecule has 118 valence electrons. The zero-order chi connectivity index (χ0) is 15.2. The molecule has 2 nitrogen and oxygen atoms in total. The number of nitrogens with one attached hydrogen (secondary N) is 1. The minimum absolute atomic E-state index is 0.222. The van der Waals surface area contributed by atoms with E-state index in [0.717, 1.165) is 11.5 Å². The molecule has 1 N–H and O–H groups in total. The molecule has 3 atom stereocenters. The zero-order valence-corrected chi connectivity index (χ0v) is 12.8. The molecule has 1 aliphatic rings. The lowest BCUT2D eigenvalue weighted by molar-refractivity contribution is -0.0498. The molecule has 1 aliphatic carbocycles. The van der Waals surface area contributed by atoms with Gasteiger partial charge in [0.1, 0.15) is 5.75 Å². The van der Waals surface area contributed by atoms with Gasteiger partial charge in [-0.05, 0) is 43.0 Å². The maximum absolute atomic E-state index is 12.2. The minimum atomic E-state index is -2.77.